The lowest BCUT2D eigenvalue weighted by Crippen LogP contribution is -2.49. The lowest BCUT2D eigenvalue weighted by Gasteiger charge is -2.34. The van der Waals surface area contributed by atoms with Gasteiger partial charge in [0.25, 0.3) is 0 Å². The maximum absolute atomic E-state index is 12.4. The molecule has 2 aliphatic rings. The van der Waals surface area contributed by atoms with Crippen LogP contribution in [-0.2, 0) is 14.4 Å². The van der Waals surface area contributed by atoms with Crippen molar-refractivity contribution in [2.24, 2.45) is 5.92 Å². The Kier molecular flexibility index (Phi) is 7.23. The zero-order chi connectivity index (χ0) is 18.4. The molecule has 3 amide bonds. The van der Waals surface area contributed by atoms with Crippen LogP contribution >= 0.6 is 0 Å². The Morgan fingerprint density at radius 2 is 1.44 bits per heavy atom. The molecule has 2 aliphatic heterocycles. The van der Waals surface area contributed by atoms with Gasteiger partial charge in [0.05, 0.1) is 0 Å². The van der Waals surface area contributed by atoms with Gasteiger partial charge < -0.3 is 20.4 Å². The van der Waals surface area contributed by atoms with Crippen LogP contribution in [0.4, 0.5) is 0 Å². The quantitative estimate of drug-likeness (QED) is 0.748. The highest BCUT2D eigenvalue weighted by molar-refractivity contribution is 5.79. The van der Waals surface area contributed by atoms with E-state index in [0.717, 1.165) is 58.4 Å². The number of hydrogen-bond acceptors (Lipinski definition) is 4. The first-order valence-corrected chi connectivity index (χ1v) is 9.40. The third-order valence-corrected chi connectivity index (χ3v) is 5.26. The molecule has 7 heteroatoms. The minimum atomic E-state index is -0.0526. The molecule has 2 fully saturated rings. The number of piperidine rings is 2. The van der Waals surface area contributed by atoms with Gasteiger partial charge in [0.15, 0.2) is 0 Å². The van der Waals surface area contributed by atoms with E-state index >= 15 is 0 Å². The lowest BCUT2D eigenvalue weighted by molar-refractivity contribution is -0.130. The SMILES string of the molecule is CC(=O)NC1CCN(CC(C)C(=O)NC2CCN(C(C)=O)CC2)CC1. The minimum absolute atomic E-state index is 0.0296. The van der Waals surface area contributed by atoms with Crippen LogP contribution < -0.4 is 10.6 Å². The van der Waals surface area contributed by atoms with E-state index in [4.69, 9.17) is 0 Å². The minimum Gasteiger partial charge on any atom is -0.354 e. The predicted octanol–water partition coefficient (Wildman–Crippen LogP) is 0.350. The topological polar surface area (TPSA) is 81.8 Å². The molecule has 2 heterocycles. The Morgan fingerprint density at radius 3 is 1.96 bits per heavy atom. The maximum atomic E-state index is 12.4. The Balaban J connectivity index is 1.67. The van der Waals surface area contributed by atoms with Crippen LogP contribution in [0.1, 0.15) is 46.5 Å². The van der Waals surface area contributed by atoms with E-state index in [1.165, 1.54) is 0 Å². The fourth-order valence-corrected chi connectivity index (χ4v) is 3.70. The first-order valence-electron chi connectivity index (χ1n) is 9.40. The van der Waals surface area contributed by atoms with Gasteiger partial charge in [-0.05, 0) is 25.7 Å². The summed E-state index contributed by atoms with van der Waals surface area (Å²) >= 11 is 0. The van der Waals surface area contributed by atoms with Gasteiger partial charge in [0.2, 0.25) is 17.7 Å². The van der Waals surface area contributed by atoms with Crippen molar-refractivity contribution >= 4 is 17.7 Å². The van der Waals surface area contributed by atoms with Crippen molar-refractivity contribution in [2.75, 3.05) is 32.7 Å². The summed E-state index contributed by atoms with van der Waals surface area (Å²) in [5, 5.41) is 6.11. The predicted molar refractivity (Wildman–Crippen MR) is 95.9 cm³/mol. The highest BCUT2D eigenvalue weighted by Crippen LogP contribution is 2.14. The number of rotatable bonds is 5. The fourth-order valence-electron chi connectivity index (χ4n) is 3.70. The summed E-state index contributed by atoms with van der Waals surface area (Å²) in [5.41, 5.74) is 0. The third kappa shape index (κ3) is 6.30. The van der Waals surface area contributed by atoms with E-state index in [9.17, 15) is 14.4 Å². The van der Waals surface area contributed by atoms with Crippen molar-refractivity contribution in [2.45, 2.75) is 58.5 Å². The monoisotopic (exact) mass is 352 g/mol. The fraction of sp³-hybridized carbons (Fsp3) is 0.833. The Morgan fingerprint density at radius 1 is 0.920 bits per heavy atom. The molecule has 25 heavy (non-hydrogen) atoms. The van der Waals surface area contributed by atoms with E-state index in [-0.39, 0.29) is 35.7 Å². The summed E-state index contributed by atoms with van der Waals surface area (Å²) in [6, 6.07) is 0.445. The lowest BCUT2D eigenvalue weighted by atomic mass is 10.0. The zero-order valence-corrected chi connectivity index (χ0v) is 15.7. The molecule has 2 rings (SSSR count). The summed E-state index contributed by atoms with van der Waals surface area (Å²) in [4.78, 5) is 39.0. The molecule has 0 radical (unpaired) electrons. The second kappa shape index (κ2) is 9.17. The van der Waals surface area contributed by atoms with Crippen LogP contribution in [0.5, 0.6) is 0 Å². The van der Waals surface area contributed by atoms with Gasteiger partial charge in [-0.15, -0.1) is 0 Å². The number of carbonyl (C=O) groups is 3. The molecular weight excluding hydrogens is 320 g/mol. The van der Waals surface area contributed by atoms with Crippen molar-refractivity contribution < 1.29 is 14.4 Å². The molecule has 0 bridgehead atoms. The van der Waals surface area contributed by atoms with Crippen LogP contribution in [0.2, 0.25) is 0 Å². The standard InChI is InChI=1S/C18H32N4O3/c1-13(12-21-8-4-16(5-9-21)19-14(2)23)18(25)20-17-6-10-22(11-7-17)15(3)24/h13,16-17H,4-12H2,1-3H3,(H,19,23)(H,20,25). The largest absolute Gasteiger partial charge is 0.354 e. The molecule has 2 N–H and O–H groups in total. The summed E-state index contributed by atoms with van der Waals surface area (Å²) in [5.74, 6) is 0.191. The molecule has 0 aromatic heterocycles. The van der Waals surface area contributed by atoms with Crippen LogP contribution in [0.15, 0.2) is 0 Å². The van der Waals surface area contributed by atoms with Gasteiger partial charge in [0, 0.05) is 64.6 Å². The van der Waals surface area contributed by atoms with E-state index in [0.29, 0.717) is 0 Å². The average molecular weight is 352 g/mol. The highest BCUT2D eigenvalue weighted by Gasteiger charge is 2.26. The van der Waals surface area contributed by atoms with Gasteiger partial charge >= 0.3 is 0 Å². The third-order valence-electron chi connectivity index (χ3n) is 5.26. The van der Waals surface area contributed by atoms with Gasteiger partial charge in [-0.25, -0.2) is 0 Å². The van der Waals surface area contributed by atoms with Gasteiger partial charge in [-0.2, -0.15) is 0 Å². The van der Waals surface area contributed by atoms with Crippen molar-refractivity contribution in [3.05, 3.63) is 0 Å². The molecule has 2 saturated heterocycles. The Labute approximate surface area is 150 Å². The molecule has 1 atom stereocenters. The average Bonchev–Trinajstić information content (AvgIpc) is 2.56. The summed E-state index contributed by atoms with van der Waals surface area (Å²) < 4.78 is 0. The number of likely N-dealkylation sites (tertiary alicyclic amines) is 2. The summed E-state index contributed by atoms with van der Waals surface area (Å²) in [7, 11) is 0. The zero-order valence-electron chi connectivity index (χ0n) is 15.7. The second-order valence-corrected chi connectivity index (χ2v) is 7.47. The molecule has 0 saturated carbocycles. The first-order chi connectivity index (χ1) is 11.8. The van der Waals surface area contributed by atoms with Crippen molar-refractivity contribution in [1.82, 2.24) is 20.4 Å². The summed E-state index contributed by atoms with van der Waals surface area (Å²) in [6.07, 6.45) is 3.55. The highest BCUT2D eigenvalue weighted by atomic mass is 16.2. The van der Waals surface area contributed by atoms with Crippen LogP contribution in [-0.4, -0.2) is 72.3 Å². The summed E-state index contributed by atoms with van der Waals surface area (Å²) in [6.45, 7) is 9.16. The van der Waals surface area contributed by atoms with Gasteiger partial charge in [-0.1, -0.05) is 6.92 Å². The van der Waals surface area contributed by atoms with Crippen molar-refractivity contribution in [3.8, 4) is 0 Å². The maximum Gasteiger partial charge on any atom is 0.224 e. The van der Waals surface area contributed by atoms with Crippen molar-refractivity contribution in [1.29, 1.82) is 0 Å². The molecular formula is C18H32N4O3. The van der Waals surface area contributed by atoms with E-state index < -0.39 is 0 Å². The molecule has 7 nitrogen and oxygen atoms in total. The number of amides is 3. The van der Waals surface area contributed by atoms with Gasteiger partial charge in [0.1, 0.15) is 0 Å². The van der Waals surface area contributed by atoms with E-state index in [1.54, 1.807) is 13.8 Å². The molecule has 0 aromatic rings. The normalized spacial score (nSPS) is 21.6. The first kappa shape index (κ1) is 19.7. The second-order valence-electron chi connectivity index (χ2n) is 7.47. The Hall–Kier alpha value is -1.63. The molecule has 0 aliphatic carbocycles. The van der Waals surface area contributed by atoms with Crippen LogP contribution in [0, 0.1) is 5.92 Å². The Bertz CT molecular complexity index is 481. The smallest absolute Gasteiger partial charge is 0.224 e. The molecule has 0 spiro atoms. The van der Waals surface area contributed by atoms with Crippen molar-refractivity contribution in [3.63, 3.8) is 0 Å². The van der Waals surface area contributed by atoms with Crippen LogP contribution in [0.25, 0.3) is 0 Å². The number of nitrogens with zero attached hydrogens (tertiary/aromatic N) is 2. The van der Waals surface area contributed by atoms with E-state index in [1.807, 2.05) is 11.8 Å². The van der Waals surface area contributed by atoms with Gasteiger partial charge in [-0.3, -0.25) is 14.4 Å². The molecule has 142 valence electrons. The van der Waals surface area contributed by atoms with E-state index in [2.05, 4.69) is 15.5 Å². The number of carbonyl (C=O) groups excluding carboxylic acids is 3. The van der Waals surface area contributed by atoms with Crippen LogP contribution in [0.3, 0.4) is 0 Å². The molecule has 1 unspecified atom stereocenters. The number of nitrogens with one attached hydrogen (secondary N) is 2. The molecule has 0 aromatic carbocycles. The number of hydrogen-bond donors (Lipinski definition) is 2.